The molecule has 1 fully saturated rings. The summed E-state index contributed by atoms with van der Waals surface area (Å²) in [6.45, 7) is -1.02. The van der Waals surface area contributed by atoms with Gasteiger partial charge in [0.15, 0.2) is 0 Å². The number of amides is 2. The normalized spacial score (nSPS) is 18.4. The zero-order valence-corrected chi connectivity index (χ0v) is 13.3. The summed E-state index contributed by atoms with van der Waals surface area (Å²) in [5.41, 5.74) is 0. The third-order valence-electron chi connectivity index (χ3n) is 3.47. The molecule has 2 rings (SSSR count). The lowest BCUT2D eigenvalue weighted by atomic mass is 10.2. The number of rotatable bonds is 5. The zero-order chi connectivity index (χ0) is 17.7. The van der Waals surface area contributed by atoms with Crippen LogP contribution in [-0.4, -0.2) is 53.6 Å². The van der Waals surface area contributed by atoms with E-state index >= 15 is 0 Å². The van der Waals surface area contributed by atoms with Gasteiger partial charge < -0.3 is 10.6 Å². The van der Waals surface area contributed by atoms with E-state index in [0.29, 0.717) is 30.2 Å². The van der Waals surface area contributed by atoms with E-state index in [1.54, 1.807) is 11.0 Å². The van der Waals surface area contributed by atoms with Crippen LogP contribution < -0.4 is 10.6 Å². The molecule has 6 nitrogen and oxygen atoms in total. The minimum Gasteiger partial charge on any atom is -0.346 e. The number of halogens is 4. The minimum atomic E-state index is -4.46. The van der Waals surface area contributed by atoms with E-state index in [2.05, 4.69) is 10.3 Å². The smallest absolute Gasteiger partial charge is 0.346 e. The third-order valence-corrected chi connectivity index (χ3v) is 3.69. The van der Waals surface area contributed by atoms with Gasteiger partial charge in [0.25, 0.3) is 0 Å². The van der Waals surface area contributed by atoms with Gasteiger partial charge in [-0.15, -0.1) is 0 Å². The molecule has 10 heteroatoms. The van der Waals surface area contributed by atoms with Crippen LogP contribution in [0, 0.1) is 0 Å². The van der Waals surface area contributed by atoms with Crippen molar-refractivity contribution in [2.75, 3.05) is 25.0 Å². The van der Waals surface area contributed by atoms with Gasteiger partial charge in [0.05, 0.1) is 17.6 Å². The number of alkyl halides is 3. The van der Waals surface area contributed by atoms with Gasteiger partial charge in [-0.25, -0.2) is 4.98 Å². The molecule has 132 valence electrons. The summed E-state index contributed by atoms with van der Waals surface area (Å²) < 4.78 is 36.5. The van der Waals surface area contributed by atoms with E-state index < -0.39 is 30.6 Å². The first-order valence-corrected chi connectivity index (χ1v) is 7.62. The summed E-state index contributed by atoms with van der Waals surface area (Å²) >= 11 is 5.69. The number of carbonyl (C=O) groups excluding carboxylic acids is 2. The van der Waals surface area contributed by atoms with Crippen molar-refractivity contribution < 1.29 is 22.8 Å². The Morgan fingerprint density at radius 3 is 2.75 bits per heavy atom. The molecule has 2 N–H and O–H groups in total. The van der Waals surface area contributed by atoms with Crippen molar-refractivity contribution in [2.45, 2.75) is 25.1 Å². The molecular formula is C14H16ClF3N4O2. The molecule has 1 aromatic heterocycles. The Morgan fingerprint density at radius 1 is 1.38 bits per heavy atom. The van der Waals surface area contributed by atoms with Crippen LogP contribution in [0.1, 0.15) is 12.8 Å². The fraction of sp³-hybridized carbons (Fsp3) is 0.500. The van der Waals surface area contributed by atoms with Gasteiger partial charge in [-0.05, 0) is 31.5 Å². The van der Waals surface area contributed by atoms with E-state index in [-0.39, 0.29) is 6.54 Å². The highest BCUT2D eigenvalue weighted by Crippen LogP contribution is 2.18. The molecule has 1 aliphatic heterocycles. The summed E-state index contributed by atoms with van der Waals surface area (Å²) in [6.07, 6.45) is -2.04. The van der Waals surface area contributed by atoms with Crippen molar-refractivity contribution in [3.05, 3.63) is 23.4 Å². The molecule has 2 heterocycles. The molecule has 0 bridgehead atoms. The molecular weight excluding hydrogens is 349 g/mol. The zero-order valence-electron chi connectivity index (χ0n) is 12.6. The van der Waals surface area contributed by atoms with E-state index in [9.17, 15) is 22.8 Å². The Morgan fingerprint density at radius 2 is 2.12 bits per heavy atom. The van der Waals surface area contributed by atoms with E-state index in [4.69, 9.17) is 11.6 Å². The lowest BCUT2D eigenvalue weighted by Gasteiger charge is -2.23. The first-order chi connectivity index (χ1) is 11.2. The standard InChI is InChI=1S/C14H16ClF3N4O2/c15-9-3-4-11(19-6-9)21-12(23)7-22-5-1-2-10(22)13(24)20-8-14(16,17)18/h3-4,6,10H,1-2,5,7-8H2,(H,20,24)(H,19,21,23)/t10-/m0/s1. The first kappa shape index (κ1) is 18.5. The molecule has 24 heavy (non-hydrogen) atoms. The molecule has 1 aliphatic rings. The van der Waals surface area contributed by atoms with Crippen LogP contribution in [0.3, 0.4) is 0 Å². The fourth-order valence-corrected chi connectivity index (χ4v) is 2.55. The van der Waals surface area contributed by atoms with Gasteiger partial charge in [-0.2, -0.15) is 13.2 Å². The second-order valence-corrected chi connectivity index (χ2v) is 5.81. The van der Waals surface area contributed by atoms with Gasteiger partial charge in [0, 0.05) is 6.20 Å². The summed E-state index contributed by atoms with van der Waals surface area (Å²) in [5.74, 6) is -0.816. The molecule has 0 radical (unpaired) electrons. The Kier molecular flexibility index (Phi) is 6.00. The van der Waals surface area contributed by atoms with Gasteiger partial charge >= 0.3 is 6.18 Å². The SMILES string of the molecule is O=C(CN1CCC[C@H]1C(=O)NCC(F)(F)F)Nc1ccc(Cl)cn1. The number of anilines is 1. The number of hydrogen-bond acceptors (Lipinski definition) is 4. The summed E-state index contributed by atoms with van der Waals surface area (Å²) in [4.78, 5) is 29.3. The molecule has 2 amide bonds. The van der Waals surface area contributed by atoms with Crippen molar-refractivity contribution >= 4 is 29.2 Å². The molecule has 1 aromatic rings. The quantitative estimate of drug-likeness (QED) is 0.835. The van der Waals surface area contributed by atoms with Gasteiger partial charge in [-0.3, -0.25) is 14.5 Å². The second kappa shape index (κ2) is 7.80. The van der Waals surface area contributed by atoms with Crippen molar-refractivity contribution in [2.24, 2.45) is 0 Å². The van der Waals surface area contributed by atoms with Crippen LogP contribution in [0.2, 0.25) is 5.02 Å². The van der Waals surface area contributed by atoms with Crippen LogP contribution in [0.4, 0.5) is 19.0 Å². The average molecular weight is 365 g/mol. The van der Waals surface area contributed by atoms with Crippen molar-refractivity contribution in [3.63, 3.8) is 0 Å². The van der Waals surface area contributed by atoms with Gasteiger partial charge in [0.2, 0.25) is 11.8 Å². The van der Waals surface area contributed by atoms with Gasteiger partial charge in [-0.1, -0.05) is 11.6 Å². The highest BCUT2D eigenvalue weighted by molar-refractivity contribution is 6.30. The third kappa shape index (κ3) is 5.64. The monoisotopic (exact) mass is 364 g/mol. The predicted molar refractivity (Wildman–Crippen MR) is 81.5 cm³/mol. The average Bonchev–Trinajstić information content (AvgIpc) is 2.94. The summed E-state index contributed by atoms with van der Waals surface area (Å²) in [5, 5.41) is 4.83. The first-order valence-electron chi connectivity index (χ1n) is 7.24. The Bertz CT molecular complexity index is 595. The second-order valence-electron chi connectivity index (χ2n) is 5.37. The number of nitrogens with zero attached hydrogens (tertiary/aromatic N) is 2. The topological polar surface area (TPSA) is 74.3 Å². The predicted octanol–water partition coefficient (Wildman–Crippen LogP) is 1.82. The number of pyridine rings is 1. The van der Waals surface area contributed by atoms with Crippen molar-refractivity contribution in [3.8, 4) is 0 Å². The molecule has 1 saturated heterocycles. The molecule has 0 spiro atoms. The van der Waals surface area contributed by atoms with Crippen LogP contribution >= 0.6 is 11.6 Å². The fourth-order valence-electron chi connectivity index (χ4n) is 2.43. The highest BCUT2D eigenvalue weighted by atomic mass is 35.5. The maximum absolute atomic E-state index is 12.2. The lowest BCUT2D eigenvalue weighted by Crippen LogP contribution is -2.47. The number of nitrogens with one attached hydrogen (secondary N) is 2. The van der Waals surface area contributed by atoms with Crippen LogP contribution in [-0.2, 0) is 9.59 Å². The Labute approximate surface area is 141 Å². The Balaban J connectivity index is 1.87. The maximum atomic E-state index is 12.2. The lowest BCUT2D eigenvalue weighted by molar-refractivity contribution is -0.141. The summed E-state index contributed by atoms with van der Waals surface area (Å²) in [6, 6.07) is 2.35. The number of carbonyl (C=O) groups is 2. The number of hydrogen-bond donors (Lipinski definition) is 2. The minimum absolute atomic E-state index is 0.103. The number of likely N-dealkylation sites (tertiary alicyclic amines) is 1. The summed E-state index contributed by atoms with van der Waals surface area (Å²) in [7, 11) is 0. The Hall–Kier alpha value is -1.87. The molecule has 0 saturated carbocycles. The van der Waals surface area contributed by atoms with Crippen molar-refractivity contribution in [1.29, 1.82) is 0 Å². The maximum Gasteiger partial charge on any atom is 0.405 e. The van der Waals surface area contributed by atoms with E-state index in [1.807, 2.05) is 5.32 Å². The largest absolute Gasteiger partial charge is 0.405 e. The van der Waals surface area contributed by atoms with Crippen LogP contribution in [0.25, 0.3) is 0 Å². The molecule has 0 unspecified atom stereocenters. The molecule has 0 aliphatic carbocycles. The van der Waals surface area contributed by atoms with Crippen LogP contribution in [0.15, 0.2) is 18.3 Å². The van der Waals surface area contributed by atoms with Gasteiger partial charge in [0.1, 0.15) is 12.4 Å². The van der Waals surface area contributed by atoms with Crippen molar-refractivity contribution in [1.82, 2.24) is 15.2 Å². The molecule has 0 aromatic carbocycles. The van der Waals surface area contributed by atoms with E-state index in [0.717, 1.165) is 0 Å². The van der Waals surface area contributed by atoms with Crippen LogP contribution in [0.5, 0.6) is 0 Å². The molecule has 1 atom stereocenters. The number of aromatic nitrogens is 1. The van der Waals surface area contributed by atoms with E-state index in [1.165, 1.54) is 12.3 Å². The highest BCUT2D eigenvalue weighted by Gasteiger charge is 2.34.